The monoisotopic (exact) mass is 507 g/mol. The first-order chi connectivity index (χ1) is 12.4. The molecule has 3 amide bonds. The zero-order valence-electron chi connectivity index (χ0n) is 16.4. The first kappa shape index (κ1) is 23.7. The van der Waals surface area contributed by atoms with Crippen molar-refractivity contribution < 1.29 is 9.59 Å². The molecule has 2 heterocycles. The second-order valence-electron chi connectivity index (χ2n) is 6.57. The number of nitrogens with one attached hydrogen (secondary N) is 3. The van der Waals surface area contributed by atoms with Crippen molar-refractivity contribution in [2.75, 3.05) is 19.6 Å². The molecule has 1 fully saturated rings. The summed E-state index contributed by atoms with van der Waals surface area (Å²) in [4.78, 5) is 31.5. The summed E-state index contributed by atoms with van der Waals surface area (Å²) >= 11 is 1.71. The maximum absolute atomic E-state index is 12.4. The van der Waals surface area contributed by atoms with Gasteiger partial charge in [0.05, 0.1) is 6.54 Å². The van der Waals surface area contributed by atoms with Crippen molar-refractivity contribution in [1.82, 2.24) is 20.9 Å². The quantitative estimate of drug-likeness (QED) is 0.166. The van der Waals surface area contributed by atoms with Gasteiger partial charge in [0.25, 0.3) is 5.91 Å². The van der Waals surface area contributed by atoms with Crippen LogP contribution in [0.25, 0.3) is 0 Å². The number of amides is 3. The van der Waals surface area contributed by atoms with E-state index in [4.69, 9.17) is 0 Å². The van der Waals surface area contributed by atoms with Gasteiger partial charge in [0.2, 0.25) is 0 Å². The van der Waals surface area contributed by atoms with E-state index in [9.17, 15) is 9.59 Å². The molecular formula is C18H30IN5O2S. The second kappa shape index (κ2) is 10.8. The van der Waals surface area contributed by atoms with Crippen LogP contribution in [0, 0.1) is 6.92 Å². The number of carbonyl (C=O) groups is 2. The number of rotatable bonds is 8. The minimum absolute atomic E-state index is 0. The molecule has 7 nitrogen and oxygen atoms in total. The molecule has 3 N–H and O–H groups in total. The number of urea groups is 1. The summed E-state index contributed by atoms with van der Waals surface area (Å²) in [5.74, 6) is 0.606. The molecule has 0 saturated carbocycles. The minimum atomic E-state index is -0.764. The molecule has 1 unspecified atom stereocenters. The van der Waals surface area contributed by atoms with Gasteiger partial charge in [-0.25, -0.2) is 9.79 Å². The maximum atomic E-state index is 12.4. The average molecular weight is 507 g/mol. The highest BCUT2D eigenvalue weighted by atomic mass is 127. The lowest BCUT2D eigenvalue weighted by Gasteiger charge is -2.19. The third-order valence-electron chi connectivity index (χ3n) is 4.60. The van der Waals surface area contributed by atoms with Gasteiger partial charge in [0, 0.05) is 24.5 Å². The predicted molar refractivity (Wildman–Crippen MR) is 121 cm³/mol. The standard InChI is InChI=1S/C18H29N5O2S.HI/c1-5-18(4)15(24)23(17(25)22-18)10-7-9-20-16(19-6-2)21-12-14-13(3)8-11-26-14;/h8,11H,5-7,9-10,12H2,1-4H3,(H,22,25)(H2,19,20,21);1H. The summed E-state index contributed by atoms with van der Waals surface area (Å²) in [5, 5.41) is 11.3. The van der Waals surface area contributed by atoms with Crippen molar-refractivity contribution in [2.45, 2.75) is 52.6 Å². The van der Waals surface area contributed by atoms with Gasteiger partial charge in [0.15, 0.2) is 5.96 Å². The molecule has 9 heteroatoms. The lowest BCUT2D eigenvalue weighted by atomic mass is 9.99. The molecule has 1 aromatic heterocycles. The van der Waals surface area contributed by atoms with Gasteiger partial charge in [-0.15, -0.1) is 35.3 Å². The number of hydrogen-bond acceptors (Lipinski definition) is 4. The number of aliphatic imine (C=N–C) groups is 1. The van der Waals surface area contributed by atoms with E-state index in [2.05, 4.69) is 39.3 Å². The lowest BCUT2D eigenvalue weighted by molar-refractivity contribution is -0.130. The van der Waals surface area contributed by atoms with Crippen molar-refractivity contribution in [3.63, 3.8) is 0 Å². The van der Waals surface area contributed by atoms with Crippen LogP contribution in [0.5, 0.6) is 0 Å². The van der Waals surface area contributed by atoms with E-state index in [0.29, 0.717) is 32.5 Å². The molecule has 0 aromatic carbocycles. The number of carbonyl (C=O) groups excluding carboxylic acids is 2. The first-order valence-electron chi connectivity index (χ1n) is 9.10. The Labute approximate surface area is 182 Å². The van der Waals surface area contributed by atoms with Crippen LogP contribution in [0.15, 0.2) is 16.4 Å². The number of aryl methyl sites for hydroxylation is 1. The van der Waals surface area contributed by atoms with Crippen LogP contribution in [0.3, 0.4) is 0 Å². The molecule has 0 spiro atoms. The molecule has 0 bridgehead atoms. The summed E-state index contributed by atoms with van der Waals surface area (Å²) in [6.07, 6.45) is 1.26. The molecule has 2 rings (SSSR count). The van der Waals surface area contributed by atoms with E-state index < -0.39 is 5.54 Å². The molecule has 1 aliphatic heterocycles. The van der Waals surface area contributed by atoms with Gasteiger partial charge in [-0.1, -0.05) is 6.92 Å². The zero-order chi connectivity index (χ0) is 19.2. The van der Waals surface area contributed by atoms with Gasteiger partial charge in [-0.05, 0) is 50.6 Å². The van der Waals surface area contributed by atoms with Crippen molar-refractivity contribution in [1.29, 1.82) is 0 Å². The highest BCUT2D eigenvalue weighted by Gasteiger charge is 2.45. The Morgan fingerprint density at radius 2 is 2.07 bits per heavy atom. The summed E-state index contributed by atoms with van der Waals surface area (Å²) in [6, 6.07) is 1.80. The number of imide groups is 1. The molecular weight excluding hydrogens is 477 g/mol. The first-order valence-corrected chi connectivity index (χ1v) is 9.98. The number of guanidine groups is 1. The topological polar surface area (TPSA) is 85.8 Å². The fourth-order valence-electron chi connectivity index (χ4n) is 2.69. The second-order valence-corrected chi connectivity index (χ2v) is 7.58. The third kappa shape index (κ3) is 6.06. The van der Waals surface area contributed by atoms with Gasteiger partial charge < -0.3 is 16.0 Å². The molecule has 1 aliphatic rings. The Bertz CT molecular complexity index is 678. The normalized spacial score (nSPS) is 19.7. The molecule has 0 aliphatic carbocycles. The number of nitrogens with zero attached hydrogens (tertiary/aromatic N) is 2. The van der Waals surface area contributed by atoms with Crippen LogP contribution in [0.1, 0.15) is 44.1 Å². The van der Waals surface area contributed by atoms with Crippen molar-refractivity contribution in [2.24, 2.45) is 4.99 Å². The Kier molecular flexibility index (Phi) is 9.51. The van der Waals surface area contributed by atoms with E-state index in [1.165, 1.54) is 15.3 Å². The Morgan fingerprint density at radius 1 is 1.33 bits per heavy atom. The predicted octanol–water partition coefficient (Wildman–Crippen LogP) is 2.84. The van der Waals surface area contributed by atoms with Crippen LogP contribution in [-0.4, -0.2) is 48.0 Å². The SMILES string of the molecule is CCNC(=NCc1sccc1C)NCCCN1C(=O)NC(C)(CC)C1=O.I. The Balaban J connectivity index is 0.00000364. The molecule has 27 heavy (non-hydrogen) atoms. The fourth-order valence-corrected chi connectivity index (χ4v) is 3.52. The third-order valence-corrected chi connectivity index (χ3v) is 5.60. The average Bonchev–Trinajstić information content (AvgIpc) is 3.12. The smallest absolute Gasteiger partial charge is 0.325 e. The van der Waals surface area contributed by atoms with E-state index in [0.717, 1.165) is 12.5 Å². The van der Waals surface area contributed by atoms with Crippen LogP contribution < -0.4 is 16.0 Å². The summed E-state index contributed by atoms with van der Waals surface area (Å²) in [6.45, 7) is 10.2. The van der Waals surface area contributed by atoms with E-state index in [-0.39, 0.29) is 35.9 Å². The number of halogens is 1. The lowest BCUT2D eigenvalue weighted by Crippen LogP contribution is -2.43. The fraction of sp³-hybridized carbons (Fsp3) is 0.611. The summed E-state index contributed by atoms with van der Waals surface area (Å²) in [7, 11) is 0. The highest BCUT2D eigenvalue weighted by molar-refractivity contribution is 14.0. The van der Waals surface area contributed by atoms with Gasteiger partial charge in [0.1, 0.15) is 5.54 Å². The largest absolute Gasteiger partial charge is 0.357 e. The van der Waals surface area contributed by atoms with Gasteiger partial charge in [-0.3, -0.25) is 9.69 Å². The van der Waals surface area contributed by atoms with Crippen molar-refractivity contribution >= 4 is 53.2 Å². The minimum Gasteiger partial charge on any atom is -0.357 e. The summed E-state index contributed by atoms with van der Waals surface area (Å²) < 4.78 is 0. The molecule has 1 aromatic rings. The summed E-state index contributed by atoms with van der Waals surface area (Å²) in [5.41, 5.74) is 0.492. The molecule has 1 atom stereocenters. The number of thiophene rings is 1. The van der Waals surface area contributed by atoms with Gasteiger partial charge >= 0.3 is 6.03 Å². The Hall–Kier alpha value is -1.36. The van der Waals surface area contributed by atoms with Crippen LogP contribution in [0.4, 0.5) is 4.79 Å². The van der Waals surface area contributed by atoms with Crippen LogP contribution in [-0.2, 0) is 11.3 Å². The van der Waals surface area contributed by atoms with E-state index in [1.807, 2.05) is 13.8 Å². The highest BCUT2D eigenvalue weighted by Crippen LogP contribution is 2.20. The van der Waals surface area contributed by atoms with Crippen molar-refractivity contribution in [3.8, 4) is 0 Å². The molecule has 0 radical (unpaired) electrons. The molecule has 152 valence electrons. The Morgan fingerprint density at radius 3 is 2.63 bits per heavy atom. The maximum Gasteiger partial charge on any atom is 0.325 e. The zero-order valence-corrected chi connectivity index (χ0v) is 19.6. The van der Waals surface area contributed by atoms with Crippen LogP contribution >= 0.6 is 35.3 Å². The number of hydrogen-bond donors (Lipinski definition) is 3. The van der Waals surface area contributed by atoms with Gasteiger partial charge in [-0.2, -0.15) is 0 Å². The van der Waals surface area contributed by atoms with E-state index >= 15 is 0 Å². The van der Waals surface area contributed by atoms with E-state index in [1.54, 1.807) is 18.3 Å². The van der Waals surface area contributed by atoms with Crippen molar-refractivity contribution in [3.05, 3.63) is 21.9 Å². The van der Waals surface area contributed by atoms with Crippen LogP contribution in [0.2, 0.25) is 0 Å². The molecule has 1 saturated heterocycles.